The van der Waals surface area contributed by atoms with Crippen LogP contribution in [0.4, 0.5) is 0 Å². The summed E-state index contributed by atoms with van der Waals surface area (Å²) in [6.07, 6.45) is 8.58. The van der Waals surface area contributed by atoms with E-state index in [1.54, 1.807) is 27.8 Å². The van der Waals surface area contributed by atoms with Crippen LogP contribution in [0.3, 0.4) is 0 Å². The van der Waals surface area contributed by atoms with Crippen molar-refractivity contribution in [1.29, 1.82) is 0 Å². The second-order valence-electron chi connectivity index (χ2n) is 38.7. The van der Waals surface area contributed by atoms with Crippen LogP contribution < -0.4 is 103 Å². The van der Waals surface area contributed by atoms with E-state index < -0.39 is 208 Å². The molecule has 774 valence electrons. The first-order valence-electron chi connectivity index (χ1n) is 49.0. The Balaban J connectivity index is 0.821. The molecule has 5 fully saturated rings. The number of piperidine rings is 2. The van der Waals surface area contributed by atoms with Gasteiger partial charge in [-0.15, -0.1) is 0 Å². The number of ketones is 1. The maximum absolute atomic E-state index is 14.5. The highest BCUT2D eigenvalue weighted by atomic mass is 32.2. The van der Waals surface area contributed by atoms with Gasteiger partial charge >= 0.3 is 0 Å². The van der Waals surface area contributed by atoms with Gasteiger partial charge in [0.15, 0.2) is 0 Å². The predicted molar refractivity (Wildman–Crippen MR) is 518 cm³/mol. The van der Waals surface area contributed by atoms with E-state index in [4.69, 9.17) is 28.7 Å². The fourth-order valence-corrected chi connectivity index (χ4v) is 19.0. The first kappa shape index (κ1) is 115. The number of carbonyl (C=O) groups is 20. The fraction of sp³-hybridized carbons (Fsp3) is 0.702. The minimum Gasteiger partial charge on any atom is -0.368 e. The summed E-state index contributed by atoms with van der Waals surface area (Å²) >= 11 is 1.64. The van der Waals surface area contributed by atoms with Crippen molar-refractivity contribution in [3.05, 3.63) is 36.0 Å². The summed E-state index contributed by atoms with van der Waals surface area (Å²) in [5.41, 5.74) is 30.4. The number of rotatable bonds is 53. The number of primary amides is 1. The molecule has 1 unspecified atom stereocenters. The molecule has 5 aliphatic heterocycles. The molecule has 139 heavy (non-hydrogen) atoms. The van der Waals surface area contributed by atoms with Crippen LogP contribution in [0, 0.1) is 17.3 Å². The number of aromatic nitrogens is 1. The number of aromatic amines is 1. The zero-order chi connectivity index (χ0) is 103. The number of fused-ring (bicyclic) bond motifs is 4. The van der Waals surface area contributed by atoms with Gasteiger partial charge in [0.25, 0.3) is 0 Å². The molecule has 0 aliphatic carbocycles. The number of nitrogens with two attached hydrogens (primary N) is 5. The molecule has 2 aromatic rings. The van der Waals surface area contributed by atoms with Crippen molar-refractivity contribution < 1.29 is 95.9 Å². The number of carbonyl (C=O) groups excluding carboxylic acids is 20. The summed E-state index contributed by atoms with van der Waals surface area (Å²) in [5.74, 6) is -12.8. The summed E-state index contributed by atoms with van der Waals surface area (Å²) in [4.78, 5) is 283. The third-order valence-corrected chi connectivity index (χ3v) is 27.4. The Labute approximate surface area is 816 Å². The number of nitrogens with zero attached hydrogens (tertiary/aromatic N) is 4. The first-order chi connectivity index (χ1) is 65.8. The number of H-pyrrole nitrogens is 1. The van der Waals surface area contributed by atoms with Gasteiger partial charge in [-0.2, -0.15) is 11.8 Å². The normalized spacial score (nSPS) is 19.8. The molecule has 0 saturated carbocycles. The molecule has 0 spiro atoms. The van der Waals surface area contributed by atoms with Crippen molar-refractivity contribution in [2.45, 2.75) is 339 Å². The molecule has 6 heterocycles. The second kappa shape index (κ2) is 55.5. The minimum absolute atomic E-state index is 0.0251. The average Bonchev–Trinajstić information content (AvgIpc) is 1.61. The Kier molecular flexibility index (Phi) is 45.7. The molecule has 7 rings (SSSR count). The number of para-hydroxylation sites is 1. The van der Waals surface area contributed by atoms with Crippen molar-refractivity contribution >= 4 is 141 Å². The van der Waals surface area contributed by atoms with Gasteiger partial charge in [0, 0.05) is 98.0 Å². The van der Waals surface area contributed by atoms with Gasteiger partial charge in [0.05, 0.1) is 0 Å². The van der Waals surface area contributed by atoms with E-state index in [1.807, 2.05) is 45.0 Å². The van der Waals surface area contributed by atoms with E-state index in [0.717, 1.165) is 16.5 Å². The quantitative estimate of drug-likeness (QED) is 0.0294. The Hall–Kier alpha value is -11.5. The summed E-state index contributed by atoms with van der Waals surface area (Å²) < 4.78 is 0. The van der Waals surface area contributed by atoms with E-state index in [0.29, 0.717) is 109 Å². The average molecular weight is 1970 g/mol. The minimum atomic E-state index is -1.28. The van der Waals surface area contributed by atoms with Crippen LogP contribution in [0.2, 0.25) is 0 Å². The highest BCUT2D eigenvalue weighted by Gasteiger charge is 2.51. The van der Waals surface area contributed by atoms with Crippen LogP contribution in [0.1, 0.15) is 230 Å². The molecule has 1 aromatic carbocycles. The van der Waals surface area contributed by atoms with E-state index in [1.165, 1.54) is 72.1 Å². The van der Waals surface area contributed by atoms with E-state index in [-0.39, 0.29) is 138 Å². The number of benzene rings is 1. The highest BCUT2D eigenvalue weighted by molar-refractivity contribution is 8.00. The van der Waals surface area contributed by atoms with Crippen LogP contribution in [0.5, 0.6) is 0 Å². The zero-order valence-electron chi connectivity index (χ0n) is 82.5. The number of nitrogens with one attached hydrogen (secondary N) is 15. The van der Waals surface area contributed by atoms with Crippen molar-refractivity contribution in [2.75, 3.05) is 64.7 Å². The molecular weight excluding hydrogens is 1820 g/mol. The topological polar surface area (TPSA) is 669 Å². The van der Waals surface area contributed by atoms with Gasteiger partial charge in [-0.05, 0) is 234 Å². The molecule has 2 bridgehead atoms. The maximum atomic E-state index is 14.5. The molecule has 5 saturated heterocycles. The van der Waals surface area contributed by atoms with Gasteiger partial charge in [0.2, 0.25) is 112 Å². The molecule has 1 aromatic heterocycles. The number of hydrogen-bond acceptors (Lipinski definition) is 25. The monoisotopic (exact) mass is 1970 g/mol. The van der Waals surface area contributed by atoms with Crippen molar-refractivity contribution in [3.63, 3.8) is 0 Å². The zero-order valence-corrected chi connectivity index (χ0v) is 83.3. The summed E-state index contributed by atoms with van der Waals surface area (Å²) in [7, 11) is 0. The number of Topliss-reactive ketones (excluding diaryl/α,β-unsaturated/α-hetero) is 1. The lowest BCUT2D eigenvalue weighted by Gasteiger charge is -2.38. The van der Waals surface area contributed by atoms with Crippen molar-refractivity contribution in [3.8, 4) is 0 Å². The molecule has 18 atom stereocenters. The Bertz CT molecular complexity index is 4630. The summed E-state index contributed by atoms with van der Waals surface area (Å²) in [5, 5.41) is 37.8. The summed E-state index contributed by atoms with van der Waals surface area (Å²) in [6.45, 7) is 20.2. The van der Waals surface area contributed by atoms with Crippen LogP contribution >= 0.6 is 11.8 Å². The predicted octanol–water partition coefficient (Wildman–Crippen LogP) is -2.98. The van der Waals surface area contributed by atoms with E-state index >= 15 is 0 Å². The highest BCUT2D eigenvalue weighted by Crippen LogP contribution is 2.39. The van der Waals surface area contributed by atoms with E-state index in [9.17, 15) is 95.9 Å². The number of amides is 19. The van der Waals surface area contributed by atoms with E-state index in [2.05, 4.69) is 79.4 Å². The van der Waals surface area contributed by atoms with Crippen LogP contribution in [0.25, 0.3) is 10.9 Å². The lowest BCUT2D eigenvalue weighted by Crippen LogP contribution is -2.59. The molecule has 19 amide bonds. The molecule has 5 aliphatic rings. The molecule has 25 N–H and O–H groups in total. The third kappa shape index (κ3) is 35.1. The Morgan fingerprint density at radius 3 is 1.23 bits per heavy atom. The molecule has 0 radical (unpaired) electrons. The van der Waals surface area contributed by atoms with Gasteiger partial charge < -0.3 is 132 Å². The van der Waals surface area contributed by atoms with Crippen molar-refractivity contribution in [2.24, 2.45) is 45.9 Å². The van der Waals surface area contributed by atoms with Crippen LogP contribution in [0.15, 0.2) is 30.5 Å². The third-order valence-electron chi connectivity index (χ3n) is 26.0. The second-order valence-corrected chi connectivity index (χ2v) is 40.1. The van der Waals surface area contributed by atoms with Gasteiger partial charge in [-0.1, -0.05) is 39.0 Å². The molecule has 45 heteroatoms. The van der Waals surface area contributed by atoms with Crippen LogP contribution in [-0.4, -0.2) is 315 Å². The Morgan fingerprint density at radius 2 is 0.820 bits per heavy atom. The smallest absolute Gasteiger partial charge is 0.246 e. The molecule has 44 nitrogen and oxygen atoms in total. The first-order valence-corrected chi connectivity index (χ1v) is 50.0. The SMILES string of the molecule is CC(=O)CCC(=O)N1C[C@H]2C[C@@H]1C(=O)N1C(CC[C@H]1C(=O)N[C@@H](C)C(=O)N[C@@H](C)C(=O)N[C@@H](C)C(=O)N[C@@H](C)C(=O)N[C@@H](C)C(=O)N[C@@H](C)C(=O)N[C@@H](C)C(=O)N[C@@H](C)C(=O)N[C@@H](CC(C)(C)C)C(=O)N1CCC(C(=O)N3CCC(C(=O)N[C@@H](CCCCN)C(=O)N[C@@H](CCCCN)C(=O)N[C@@H](CCCCN)C(=O)N[C@@H](CCCCN)C(=O)N[C@@H](Cc4c[nH]c5ccccc45)C(N)=O)CC3)CC1)CS2. The van der Waals surface area contributed by atoms with Crippen molar-refractivity contribution in [1.82, 2.24) is 99.0 Å². The summed E-state index contributed by atoms with van der Waals surface area (Å²) in [6, 6.07) is -11.5. The van der Waals surface area contributed by atoms with Crippen LogP contribution in [-0.2, 0) is 102 Å². The maximum Gasteiger partial charge on any atom is 0.246 e. The number of thioether (sulfide) groups is 1. The Morgan fingerprint density at radius 1 is 0.439 bits per heavy atom. The lowest BCUT2D eigenvalue weighted by molar-refractivity contribution is -0.148. The lowest BCUT2D eigenvalue weighted by atomic mass is 9.86. The molecular formula is C94H152N24O20S. The number of unbranched alkanes of at least 4 members (excludes halogenated alkanes) is 4. The standard InChI is InChI=1S/C94H152N24O20S/c1-51(119)29-32-75(120)117-49-64-46-74(117)93(138)118-63(50-139-64)30-31-73(118)90(135)108-58(8)83(128)106-56(6)81(126)104-54(4)79(124)102-52(2)77(122)101-53(3)78(123)103-55(5)80(125)105-57(7)82(127)107-59(9)84(129)114-72(47-94(10,11)12)92(137)116-43-35-61(36-44-116)91(136)115-41-33-60(34-42-115)85(130)109-67(25-15-19-37-95)86(131)110-68(26-16-20-38-96)87(132)111-69(27-17-21-39-97)88(133)112-70(28-18-22-40-98)89(134)113-71(76(99)121)45-62-48-100-66-24-14-13-23-65(62)66/h13-14,23-24,48,52-61,63-64,67-74,100H,15-22,25-47,49-50,95-98H2,1-12H3,(H2,99,121)(H,101,122)(H,102,124)(H,103,123)(H,104,126)(H,105,125)(H,106,128)(H,107,127)(H,108,135)(H,109,130)(H,110,131)(H,111,132)(H,112,133)(H,113,134)(H,114,129)/t52-,53-,54-,55-,56-,57-,58-,59-,63?,64+,67-,68-,69-,70-,71-,72-,73-,74+/m0/s1. The largest absolute Gasteiger partial charge is 0.368 e. The van der Waals surface area contributed by atoms with Gasteiger partial charge in [-0.25, -0.2) is 0 Å². The number of likely N-dealkylation sites (tertiary alicyclic amines) is 3. The van der Waals surface area contributed by atoms with Gasteiger partial charge in [-0.3, -0.25) is 91.1 Å². The van der Waals surface area contributed by atoms with Gasteiger partial charge in [0.1, 0.15) is 102 Å². The number of hydrogen-bond donors (Lipinski definition) is 20. The fourth-order valence-electron chi connectivity index (χ4n) is 17.6.